The summed E-state index contributed by atoms with van der Waals surface area (Å²) in [6.45, 7) is 2.10. The van der Waals surface area contributed by atoms with Crippen LogP contribution in [0.15, 0.2) is 18.2 Å². The molecule has 0 aliphatic rings. The van der Waals surface area contributed by atoms with Crippen LogP contribution in [0.4, 0.5) is 5.82 Å². The molecule has 2 rings (SSSR count). The van der Waals surface area contributed by atoms with E-state index < -0.39 is 0 Å². The van der Waals surface area contributed by atoms with Crippen molar-refractivity contribution in [3.8, 4) is 11.4 Å². The third-order valence-electron chi connectivity index (χ3n) is 2.60. The van der Waals surface area contributed by atoms with E-state index in [1.165, 1.54) is 0 Å². The van der Waals surface area contributed by atoms with Gasteiger partial charge in [0.2, 0.25) is 0 Å². The molecule has 3 nitrogen and oxygen atoms in total. The molecule has 0 fully saturated rings. The summed E-state index contributed by atoms with van der Waals surface area (Å²) in [6, 6.07) is 5.22. The smallest absolute Gasteiger partial charge is 0.163 e. The van der Waals surface area contributed by atoms with Crippen molar-refractivity contribution in [1.82, 2.24) is 9.97 Å². The van der Waals surface area contributed by atoms with Crippen molar-refractivity contribution >= 4 is 51.6 Å². The summed E-state index contributed by atoms with van der Waals surface area (Å²) in [5.41, 5.74) is 7.59. The van der Waals surface area contributed by atoms with E-state index in [-0.39, 0.29) is 0 Å². The van der Waals surface area contributed by atoms with Gasteiger partial charge in [0.15, 0.2) is 5.82 Å². The molecule has 19 heavy (non-hydrogen) atoms. The Balaban J connectivity index is 2.59. The van der Waals surface area contributed by atoms with E-state index in [1.807, 2.05) is 0 Å². The minimum absolute atomic E-state index is 0.477. The van der Waals surface area contributed by atoms with Gasteiger partial charge in [0.25, 0.3) is 0 Å². The molecule has 0 unspecified atom stereocenters. The van der Waals surface area contributed by atoms with Crippen LogP contribution >= 0.6 is 45.8 Å². The molecule has 0 saturated carbocycles. The Morgan fingerprint density at radius 3 is 2.68 bits per heavy atom. The first-order valence-corrected chi connectivity index (χ1v) is 7.63. The van der Waals surface area contributed by atoms with Gasteiger partial charge in [-0.1, -0.05) is 36.5 Å². The molecule has 2 aromatic rings. The molecule has 1 heterocycles. The van der Waals surface area contributed by atoms with Crippen molar-refractivity contribution < 1.29 is 0 Å². The Morgan fingerprint density at radius 1 is 1.26 bits per heavy atom. The number of hydrogen-bond donors (Lipinski definition) is 1. The quantitative estimate of drug-likeness (QED) is 0.757. The number of halogens is 3. The lowest BCUT2D eigenvalue weighted by atomic mass is 10.2. The Hall–Kier alpha value is -0.590. The molecular formula is C13H12Cl2IN3. The third kappa shape index (κ3) is 3.30. The standard InChI is InChI=1S/C13H12Cl2IN3/c1-2-3-10-11(16)12(17)19-13(18-10)8-6-7(14)4-5-9(8)15/h4-6H,2-3H2,1H3,(H2,17,18,19). The highest BCUT2D eigenvalue weighted by Crippen LogP contribution is 2.30. The van der Waals surface area contributed by atoms with E-state index in [0.717, 1.165) is 22.1 Å². The average molecular weight is 408 g/mol. The first-order valence-electron chi connectivity index (χ1n) is 5.80. The highest BCUT2D eigenvalue weighted by atomic mass is 127. The van der Waals surface area contributed by atoms with Crippen LogP contribution in [0.3, 0.4) is 0 Å². The van der Waals surface area contributed by atoms with E-state index >= 15 is 0 Å². The molecule has 0 atom stereocenters. The van der Waals surface area contributed by atoms with Gasteiger partial charge in [0, 0.05) is 10.6 Å². The number of nitrogens with two attached hydrogens (primary N) is 1. The molecule has 0 amide bonds. The van der Waals surface area contributed by atoms with Crippen LogP contribution in [0.2, 0.25) is 10.0 Å². The van der Waals surface area contributed by atoms with Gasteiger partial charge >= 0.3 is 0 Å². The summed E-state index contributed by atoms with van der Waals surface area (Å²) >= 11 is 14.3. The maximum atomic E-state index is 6.17. The van der Waals surface area contributed by atoms with Crippen LogP contribution in [0.5, 0.6) is 0 Å². The number of benzene rings is 1. The lowest BCUT2D eigenvalue weighted by Crippen LogP contribution is -2.05. The summed E-state index contributed by atoms with van der Waals surface area (Å²) < 4.78 is 0.904. The number of hydrogen-bond acceptors (Lipinski definition) is 3. The monoisotopic (exact) mass is 407 g/mol. The molecule has 0 aliphatic carbocycles. The van der Waals surface area contributed by atoms with E-state index in [9.17, 15) is 0 Å². The lowest BCUT2D eigenvalue weighted by molar-refractivity contribution is 0.869. The second-order valence-electron chi connectivity index (χ2n) is 4.07. The van der Waals surface area contributed by atoms with Crippen molar-refractivity contribution in [3.05, 3.63) is 37.5 Å². The first kappa shape index (κ1) is 14.8. The maximum Gasteiger partial charge on any atom is 0.163 e. The zero-order valence-electron chi connectivity index (χ0n) is 10.3. The number of nitrogen functional groups attached to an aromatic ring is 1. The van der Waals surface area contributed by atoms with Crippen LogP contribution in [0.25, 0.3) is 11.4 Å². The van der Waals surface area contributed by atoms with E-state index in [0.29, 0.717) is 27.3 Å². The fourth-order valence-corrected chi connectivity index (χ4v) is 2.59. The highest BCUT2D eigenvalue weighted by molar-refractivity contribution is 14.1. The molecule has 6 heteroatoms. The predicted molar refractivity (Wildman–Crippen MR) is 88.6 cm³/mol. The molecule has 1 aromatic carbocycles. The molecule has 2 N–H and O–H groups in total. The zero-order chi connectivity index (χ0) is 14.0. The van der Waals surface area contributed by atoms with Crippen LogP contribution in [-0.2, 0) is 6.42 Å². The van der Waals surface area contributed by atoms with Crippen LogP contribution in [-0.4, -0.2) is 9.97 Å². The number of rotatable bonds is 3. The van der Waals surface area contributed by atoms with Gasteiger partial charge in [0.1, 0.15) is 5.82 Å². The van der Waals surface area contributed by atoms with Crippen molar-refractivity contribution in [2.75, 3.05) is 5.73 Å². The fraction of sp³-hybridized carbons (Fsp3) is 0.231. The molecule has 1 aromatic heterocycles. The van der Waals surface area contributed by atoms with Gasteiger partial charge < -0.3 is 5.73 Å². The summed E-state index contributed by atoms with van der Waals surface area (Å²) in [7, 11) is 0. The maximum absolute atomic E-state index is 6.17. The van der Waals surface area contributed by atoms with Crippen molar-refractivity contribution in [2.24, 2.45) is 0 Å². The second kappa shape index (κ2) is 6.24. The van der Waals surface area contributed by atoms with Gasteiger partial charge in [0.05, 0.1) is 14.3 Å². The molecule has 0 radical (unpaired) electrons. The largest absolute Gasteiger partial charge is 0.383 e. The Bertz CT molecular complexity index is 617. The number of aryl methyl sites for hydroxylation is 1. The lowest BCUT2D eigenvalue weighted by Gasteiger charge is -2.09. The molecule has 0 saturated heterocycles. The van der Waals surface area contributed by atoms with Gasteiger partial charge in [-0.2, -0.15) is 0 Å². The minimum Gasteiger partial charge on any atom is -0.383 e. The second-order valence-corrected chi connectivity index (χ2v) is 5.99. The van der Waals surface area contributed by atoms with Gasteiger partial charge in [-0.15, -0.1) is 0 Å². The summed E-state index contributed by atoms with van der Waals surface area (Å²) in [4.78, 5) is 8.86. The number of aromatic nitrogens is 2. The first-order chi connectivity index (χ1) is 9.02. The predicted octanol–water partition coefficient (Wildman–Crippen LogP) is 4.59. The van der Waals surface area contributed by atoms with Gasteiger partial charge in [-0.3, -0.25) is 0 Å². The highest BCUT2D eigenvalue weighted by Gasteiger charge is 2.13. The summed E-state index contributed by atoms with van der Waals surface area (Å²) in [5, 5.41) is 1.16. The molecule has 0 aliphatic heterocycles. The van der Waals surface area contributed by atoms with Crippen molar-refractivity contribution in [2.45, 2.75) is 19.8 Å². The van der Waals surface area contributed by atoms with E-state index in [2.05, 4.69) is 39.5 Å². The molecule has 0 bridgehead atoms. The van der Waals surface area contributed by atoms with Crippen molar-refractivity contribution in [3.63, 3.8) is 0 Å². The normalized spacial score (nSPS) is 10.7. The summed E-state index contributed by atoms with van der Waals surface area (Å²) in [6.07, 6.45) is 1.85. The zero-order valence-corrected chi connectivity index (χ0v) is 13.9. The van der Waals surface area contributed by atoms with Gasteiger partial charge in [-0.05, 0) is 47.2 Å². The van der Waals surface area contributed by atoms with Crippen LogP contribution in [0, 0.1) is 3.57 Å². The fourth-order valence-electron chi connectivity index (χ4n) is 1.70. The van der Waals surface area contributed by atoms with Crippen molar-refractivity contribution in [1.29, 1.82) is 0 Å². The van der Waals surface area contributed by atoms with Gasteiger partial charge in [-0.25, -0.2) is 9.97 Å². The molecule has 100 valence electrons. The summed E-state index contributed by atoms with van der Waals surface area (Å²) in [5.74, 6) is 0.999. The minimum atomic E-state index is 0.477. The van der Waals surface area contributed by atoms with E-state index in [4.69, 9.17) is 28.9 Å². The van der Waals surface area contributed by atoms with Crippen LogP contribution < -0.4 is 5.73 Å². The SMILES string of the molecule is CCCc1nc(-c2cc(Cl)ccc2Cl)nc(N)c1I. The number of nitrogens with zero attached hydrogens (tertiary/aromatic N) is 2. The van der Waals surface area contributed by atoms with E-state index in [1.54, 1.807) is 18.2 Å². The average Bonchev–Trinajstić information content (AvgIpc) is 2.38. The molecular weight excluding hydrogens is 396 g/mol. The Morgan fingerprint density at radius 2 is 2.00 bits per heavy atom. The molecule has 0 spiro atoms. The topological polar surface area (TPSA) is 51.8 Å². The number of anilines is 1. The Kier molecular flexibility index (Phi) is 4.86. The third-order valence-corrected chi connectivity index (χ3v) is 4.34. The van der Waals surface area contributed by atoms with Crippen LogP contribution in [0.1, 0.15) is 19.0 Å². The Labute approximate surface area is 135 Å².